The molecule has 21 heavy (non-hydrogen) atoms. The van der Waals surface area contributed by atoms with Gasteiger partial charge in [0.15, 0.2) is 0 Å². The zero-order valence-electron chi connectivity index (χ0n) is 13.6. The van der Waals surface area contributed by atoms with Gasteiger partial charge in [-0.1, -0.05) is 20.8 Å². The van der Waals surface area contributed by atoms with Gasteiger partial charge in [0.1, 0.15) is 0 Å². The molecule has 1 aromatic carbocycles. The Hall–Kier alpha value is -1.51. The summed E-state index contributed by atoms with van der Waals surface area (Å²) in [5, 5.41) is 3.34. The van der Waals surface area contributed by atoms with Gasteiger partial charge in [0, 0.05) is 30.9 Å². The number of benzene rings is 1. The number of nitrogens with zero attached hydrogens (tertiary/aromatic N) is 1. The standard InChI is InChI=1S/C18H28N2O/c1-4-12-19-16-8-6-15(7-9-16)17(21)20-13-5-10-18(2,3)11-14-20/h6-9,19H,4-5,10-14H2,1-3H3. The van der Waals surface area contributed by atoms with Gasteiger partial charge in [-0.3, -0.25) is 4.79 Å². The molecule has 2 rings (SSSR count). The van der Waals surface area contributed by atoms with Crippen molar-refractivity contribution in [3.8, 4) is 0 Å². The molecule has 1 aliphatic rings. The zero-order chi connectivity index (χ0) is 15.3. The van der Waals surface area contributed by atoms with Crippen molar-refractivity contribution in [1.82, 2.24) is 4.90 Å². The third-order valence-electron chi connectivity index (χ3n) is 4.34. The lowest BCUT2D eigenvalue weighted by Crippen LogP contribution is -2.32. The highest BCUT2D eigenvalue weighted by Crippen LogP contribution is 2.30. The van der Waals surface area contributed by atoms with Crippen LogP contribution < -0.4 is 5.32 Å². The molecule has 1 N–H and O–H groups in total. The highest BCUT2D eigenvalue weighted by molar-refractivity contribution is 5.94. The van der Waals surface area contributed by atoms with Crippen LogP contribution in [0.15, 0.2) is 24.3 Å². The van der Waals surface area contributed by atoms with Gasteiger partial charge in [-0.05, 0) is 55.4 Å². The number of hydrogen-bond donors (Lipinski definition) is 1. The minimum Gasteiger partial charge on any atom is -0.385 e. The highest BCUT2D eigenvalue weighted by Gasteiger charge is 2.25. The quantitative estimate of drug-likeness (QED) is 0.902. The lowest BCUT2D eigenvalue weighted by atomic mass is 9.85. The molecule has 1 aliphatic heterocycles. The molecule has 3 heteroatoms. The Morgan fingerprint density at radius 3 is 2.57 bits per heavy atom. The number of likely N-dealkylation sites (tertiary alicyclic amines) is 1. The summed E-state index contributed by atoms with van der Waals surface area (Å²) in [6.07, 6.45) is 4.50. The normalized spacial score (nSPS) is 18.1. The van der Waals surface area contributed by atoms with E-state index in [1.165, 1.54) is 6.42 Å². The molecule has 0 bridgehead atoms. The minimum absolute atomic E-state index is 0.176. The van der Waals surface area contributed by atoms with E-state index in [0.29, 0.717) is 5.41 Å². The molecule has 0 unspecified atom stereocenters. The Kier molecular flexibility index (Phi) is 5.27. The summed E-state index contributed by atoms with van der Waals surface area (Å²) in [5.74, 6) is 0.176. The minimum atomic E-state index is 0.176. The van der Waals surface area contributed by atoms with E-state index < -0.39 is 0 Å². The second kappa shape index (κ2) is 6.97. The first-order valence-electron chi connectivity index (χ1n) is 8.15. The molecule has 1 heterocycles. The Morgan fingerprint density at radius 2 is 1.90 bits per heavy atom. The Morgan fingerprint density at radius 1 is 1.19 bits per heavy atom. The maximum atomic E-state index is 12.6. The van der Waals surface area contributed by atoms with Crippen LogP contribution in [0.25, 0.3) is 0 Å². The molecule has 0 aliphatic carbocycles. The van der Waals surface area contributed by atoms with E-state index in [4.69, 9.17) is 0 Å². The Labute approximate surface area is 128 Å². The first kappa shape index (κ1) is 15.9. The molecule has 3 nitrogen and oxygen atoms in total. The van der Waals surface area contributed by atoms with Gasteiger partial charge < -0.3 is 10.2 Å². The fourth-order valence-electron chi connectivity index (χ4n) is 2.81. The van der Waals surface area contributed by atoms with Crippen molar-refractivity contribution in [2.24, 2.45) is 5.41 Å². The molecular formula is C18H28N2O. The summed E-state index contributed by atoms with van der Waals surface area (Å²) in [4.78, 5) is 14.6. The van der Waals surface area contributed by atoms with E-state index in [-0.39, 0.29) is 5.91 Å². The molecule has 0 aromatic heterocycles. The lowest BCUT2D eigenvalue weighted by Gasteiger charge is -2.23. The first-order chi connectivity index (χ1) is 10.0. The van der Waals surface area contributed by atoms with Crippen LogP contribution in [-0.4, -0.2) is 30.4 Å². The Balaban J connectivity index is 1.99. The average molecular weight is 288 g/mol. The maximum absolute atomic E-state index is 12.6. The number of anilines is 1. The number of hydrogen-bond acceptors (Lipinski definition) is 2. The van der Waals surface area contributed by atoms with Crippen LogP contribution in [0, 0.1) is 5.41 Å². The van der Waals surface area contributed by atoms with Crippen LogP contribution in [0.2, 0.25) is 0 Å². The predicted octanol–water partition coefficient (Wildman–Crippen LogP) is 4.16. The van der Waals surface area contributed by atoms with Crippen LogP contribution in [-0.2, 0) is 0 Å². The summed E-state index contributed by atoms with van der Waals surface area (Å²) in [7, 11) is 0. The summed E-state index contributed by atoms with van der Waals surface area (Å²) >= 11 is 0. The number of rotatable bonds is 4. The number of carbonyl (C=O) groups excluding carboxylic acids is 1. The fourth-order valence-corrected chi connectivity index (χ4v) is 2.81. The summed E-state index contributed by atoms with van der Waals surface area (Å²) in [6.45, 7) is 9.48. The first-order valence-corrected chi connectivity index (χ1v) is 8.15. The third-order valence-corrected chi connectivity index (χ3v) is 4.34. The largest absolute Gasteiger partial charge is 0.385 e. The molecule has 0 saturated carbocycles. The third kappa shape index (κ3) is 4.48. The van der Waals surface area contributed by atoms with Crippen molar-refractivity contribution < 1.29 is 4.79 Å². The van der Waals surface area contributed by atoms with E-state index >= 15 is 0 Å². The van der Waals surface area contributed by atoms with Crippen molar-refractivity contribution in [2.45, 2.75) is 46.5 Å². The van der Waals surface area contributed by atoms with E-state index in [2.05, 4.69) is 26.1 Å². The summed E-state index contributed by atoms with van der Waals surface area (Å²) in [5.41, 5.74) is 2.25. The van der Waals surface area contributed by atoms with E-state index in [9.17, 15) is 4.79 Å². The van der Waals surface area contributed by atoms with Crippen molar-refractivity contribution in [3.63, 3.8) is 0 Å². The average Bonchev–Trinajstić information content (AvgIpc) is 2.66. The number of carbonyl (C=O) groups is 1. The van der Waals surface area contributed by atoms with Crippen LogP contribution >= 0.6 is 0 Å². The smallest absolute Gasteiger partial charge is 0.253 e. The predicted molar refractivity (Wildman–Crippen MR) is 88.8 cm³/mol. The monoisotopic (exact) mass is 288 g/mol. The van der Waals surface area contributed by atoms with Gasteiger partial charge in [0.2, 0.25) is 0 Å². The topological polar surface area (TPSA) is 32.3 Å². The van der Waals surface area contributed by atoms with Crippen LogP contribution in [0.5, 0.6) is 0 Å². The molecular weight excluding hydrogens is 260 g/mol. The van der Waals surface area contributed by atoms with Gasteiger partial charge in [0.05, 0.1) is 0 Å². The SMILES string of the molecule is CCCNc1ccc(C(=O)N2CCCC(C)(C)CC2)cc1. The van der Waals surface area contributed by atoms with Gasteiger partial charge in [-0.25, -0.2) is 0 Å². The van der Waals surface area contributed by atoms with Crippen molar-refractivity contribution in [3.05, 3.63) is 29.8 Å². The van der Waals surface area contributed by atoms with E-state index in [1.807, 2.05) is 29.2 Å². The van der Waals surface area contributed by atoms with Crippen molar-refractivity contribution >= 4 is 11.6 Å². The second-order valence-electron chi connectivity index (χ2n) is 6.81. The second-order valence-corrected chi connectivity index (χ2v) is 6.81. The summed E-state index contributed by atoms with van der Waals surface area (Å²) in [6, 6.07) is 7.89. The van der Waals surface area contributed by atoms with Crippen LogP contribution in [0.3, 0.4) is 0 Å². The zero-order valence-corrected chi connectivity index (χ0v) is 13.6. The van der Waals surface area contributed by atoms with Crippen LogP contribution in [0.1, 0.15) is 56.8 Å². The molecule has 0 spiro atoms. The van der Waals surface area contributed by atoms with Crippen molar-refractivity contribution in [1.29, 1.82) is 0 Å². The van der Waals surface area contributed by atoms with Gasteiger partial charge in [0.25, 0.3) is 5.91 Å². The van der Waals surface area contributed by atoms with Gasteiger partial charge in [-0.2, -0.15) is 0 Å². The van der Waals surface area contributed by atoms with E-state index in [0.717, 1.165) is 50.1 Å². The molecule has 0 radical (unpaired) electrons. The fraction of sp³-hybridized carbons (Fsp3) is 0.611. The molecule has 1 fully saturated rings. The number of nitrogens with one attached hydrogen (secondary N) is 1. The van der Waals surface area contributed by atoms with Gasteiger partial charge in [-0.15, -0.1) is 0 Å². The maximum Gasteiger partial charge on any atom is 0.253 e. The molecule has 0 atom stereocenters. The van der Waals surface area contributed by atoms with Gasteiger partial charge >= 0.3 is 0 Å². The molecule has 1 aromatic rings. The molecule has 116 valence electrons. The molecule has 1 saturated heterocycles. The Bertz CT molecular complexity index is 465. The highest BCUT2D eigenvalue weighted by atomic mass is 16.2. The van der Waals surface area contributed by atoms with Crippen LogP contribution in [0.4, 0.5) is 5.69 Å². The summed E-state index contributed by atoms with van der Waals surface area (Å²) < 4.78 is 0. The lowest BCUT2D eigenvalue weighted by molar-refractivity contribution is 0.0757. The van der Waals surface area contributed by atoms with E-state index in [1.54, 1.807) is 0 Å². The molecule has 1 amide bonds. The van der Waals surface area contributed by atoms with Crippen molar-refractivity contribution in [2.75, 3.05) is 25.0 Å². The number of amides is 1.